The first kappa shape index (κ1) is 20.5. The molecule has 160 valence electrons. The maximum atomic E-state index is 12.8. The summed E-state index contributed by atoms with van der Waals surface area (Å²) in [5.41, 5.74) is 1.72. The molecule has 3 aromatic rings. The SMILES string of the molecule is CC(C)(C)OC(=O)Nc1cccc(C(=O)Nc2cccc(-c3nnnn3C3CC3)c2)c1. The number of carbonyl (C=O) groups excluding carboxylic acids is 2. The average Bonchev–Trinajstić information content (AvgIpc) is 3.43. The summed E-state index contributed by atoms with van der Waals surface area (Å²) < 4.78 is 7.07. The van der Waals surface area contributed by atoms with E-state index >= 15 is 0 Å². The van der Waals surface area contributed by atoms with Crippen LogP contribution in [-0.4, -0.2) is 37.8 Å². The Bertz CT molecular complexity index is 1110. The highest BCUT2D eigenvalue weighted by Gasteiger charge is 2.28. The van der Waals surface area contributed by atoms with Gasteiger partial charge in [-0.15, -0.1) is 5.10 Å². The molecule has 1 saturated carbocycles. The summed E-state index contributed by atoms with van der Waals surface area (Å²) in [6.45, 7) is 5.36. The third-order valence-corrected chi connectivity index (χ3v) is 4.53. The standard InChI is InChI=1S/C22H24N6O3/c1-22(2,3)31-21(30)24-17-9-5-7-15(13-17)20(29)23-16-8-4-6-14(12-16)19-25-26-27-28(19)18-10-11-18/h4-9,12-13,18H,10-11H2,1-3H3,(H,23,29)(H,24,30). The molecule has 2 aromatic carbocycles. The van der Waals surface area contributed by atoms with Crippen molar-refractivity contribution in [2.45, 2.75) is 45.3 Å². The molecule has 0 radical (unpaired) electrons. The minimum atomic E-state index is -0.608. The molecule has 2 N–H and O–H groups in total. The molecule has 31 heavy (non-hydrogen) atoms. The first-order chi connectivity index (χ1) is 14.8. The van der Waals surface area contributed by atoms with Crippen molar-refractivity contribution in [2.75, 3.05) is 10.6 Å². The Hall–Kier alpha value is -3.75. The van der Waals surface area contributed by atoms with E-state index in [1.54, 1.807) is 51.1 Å². The van der Waals surface area contributed by atoms with Crippen LogP contribution in [0.3, 0.4) is 0 Å². The predicted molar refractivity (Wildman–Crippen MR) is 116 cm³/mol. The molecule has 9 heteroatoms. The number of nitrogens with one attached hydrogen (secondary N) is 2. The summed E-state index contributed by atoms with van der Waals surface area (Å²) >= 11 is 0. The van der Waals surface area contributed by atoms with Crippen LogP contribution in [0.15, 0.2) is 48.5 Å². The fourth-order valence-electron chi connectivity index (χ4n) is 3.05. The molecule has 0 bridgehead atoms. The lowest BCUT2D eigenvalue weighted by Gasteiger charge is -2.19. The zero-order valence-electron chi connectivity index (χ0n) is 17.6. The van der Waals surface area contributed by atoms with E-state index in [0.717, 1.165) is 18.4 Å². The van der Waals surface area contributed by atoms with Gasteiger partial charge in [0.05, 0.1) is 6.04 Å². The van der Waals surface area contributed by atoms with Gasteiger partial charge in [0.15, 0.2) is 5.82 Å². The Labute approximate surface area is 179 Å². The second-order valence-electron chi connectivity index (χ2n) is 8.42. The Balaban J connectivity index is 1.46. The number of benzene rings is 2. The van der Waals surface area contributed by atoms with Gasteiger partial charge in [-0.05, 0) is 74.4 Å². The molecule has 0 spiro atoms. The van der Waals surface area contributed by atoms with Crippen LogP contribution in [0.2, 0.25) is 0 Å². The molecule has 1 heterocycles. The van der Waals surface area contributed by atoms with E-state index in [1.165, 1.54) is 0 Å². The van der Waals surface area contributed by atoms with Gasteiger partial charge in [0, 0.05) is 22.5 Å². The fourth-order valence-corrected chi connectivity index (χ4v) is 3.05. The lowest BCUT2D eigenvalue weighted by molar-refractivity contribution is 0.0635. The number of amides is 2. The maximum Gasteiger partial charge on any atom is 0.412 e. The van der Waals surface area contributed by atoms with Gasteiger partial charge in [-0.25, -0.2) is 9.48 Å². The van der Waals surface area contributed by atoms with Crippen LogP contribution in [0.4, 0.5) is 16.2 Å². The lowest BCUT2D eigenvalue weighted by atomic mass is 10.1. The number of aromatic nitrogens is 4. The van der Waals surface area contributed by atoms with Crippen LogP contribution in [0.1, 0.15) is 50.0 Å². The van der Waals surface area contributed by atoms with Crippen LogP contribution < -0.4 is 10.6 Å². The van der Waals surface area contributed by atoms with Crippen molar-refractivity contribution >= 4 is 23.4 Å². The quantitative estimate of drug-likeness (QED) is 0.637. The first-order valence-electron chi connectivity index (χ1n) is 10.1. The molecule has 4 rings (SSSR count). The van der Waals surface area contributed by atoms with Gasteiger partial charge in [-0.3, -0.25) is 10.1 Å². The van der Waals surface area contributed by atoms with E-state index in [-0.39, 0.29) is 5.91 Å². The summed E-state index contributed by atoms with van der Waals surface area (Å²) in [5, 5.41) is 17.5. The fraction of sp³-hybridized carbons (Fsp3) is 0.318. The minimum Gasteiger partial charge on any atom is -0.444 e. The van der Waals surface area contributed by atoms with Gasteiger partial charge in [0.1, 0.15) is 5.60 Å². The van der Waals surface area contributed by atoms with Crippen molar-refractivity contribution in [1.29, 1.82) is 0 Å². The zero-order chi connectivity index (χ0) is 22.0. The number of hydrogen-bond donors (Lipinski definition) is 2. The van der Waals surface area contributed by atoms with Crippen molar-refractivity contribution < 1.29 is 14.3 Å². The summed E-state index contributed by atoms with van der Waals surface area (Å²) in [4.78, 5) is 24.7. The monoisotopic (exact) mass is 420 g/mol. The maximum absolute atomic E-state index is 12.8. The van der Waals surface area contributed by atoms with E-state index < -0.39 is 11.7 Å². The van der Waals surface area contributed by atoms with Gasteiger partial charge in [-0.1, -0.05) is 18.2 Å². The number of hydrogen-bond acceptors (Lipinski definition) is 6. The summed E-state index contributed by atoms with van der Waals surface area (Å²) in [5.74, 6) is 0.383. The second-order valence-corrected chi connectivity index (χ2v) is 8.42. The molecule has 1 aliphatic rings. The summed E-state index contributed by atoms with van der Waals surface area (Å²) in [6.07, 6.45) is 1.57. The molecule has 0 saturated heterocycles. The lowest BCUT2D eigenvalue weighted by Crippen LogP contribution is -2.27. The number of nitrogens with zero attached hydrogens (tertiary/aromatic N) is 4. The topological polar surface area (TPSA) is 111 Å². The van der Waals surface area contributed by atoms with Crippen molar-refractivity contribution in [3.63, 3.8) is 0 Å². The summed E-state index contributed by atoms with van der Waals surface area (Å²) in [7, 11) is 0. The molecule has 1 aliphatic carbocycles. The Morgan fingerprint density at radius 3 is 2.45 bits per heavy atom. The van der Waals surface area contributed by atoms with Crippen LogP contribution in [-0.2, 0) is 4.74 Å². The van der Waals surface area contributed by atoms with Gasteiger partial charge < -0.3 is 10.1 Å². The third kappa shape index (κ3) is 5.25. The van der Waals surface area contributed by atoms with Crippen LogP contribution >= 0.6 is 0 Å². The van der Waals surface area contributed by atoms with E-state index in [4.69, 9.17) is 4.74 Å². The second kappa shape index (κ2) is 8.17. The third-order valence-electron chi connectivity index (χ3n) is 4.53. The van der Waals surface area contributed by atoms with Crippen molar-refractivity contribution in [2.24, 2.45) is 0 Å². The Kier molecular flexibility index (Phi) is 5.41. The van der Waals surface area contributed by atoms with Gasteiger partial charge >= 0.3 is 6.09 Å². The number of ether oxygens (including phenoxy) is 1. The number of tetrazole rings is 1. The largest absolute Gasteiger partial charge is 0.444 e. The molecule has 0 atom stereocenters. The van der Waals surface area contributed by atoms with E-state index in [9.17, 15) is 9.59 Å². The van der Waals surface area contributed by atoms with Crippen molar-refractivity contribution in [1.82, 2.24) is 20.2 Å². The highest BCUT2D eigenvalue weighted by Crippen LogP contribution is 2.36. The minimum absolute atomic E-state index is 0.299. The Morgan fingerprint density at radius 1 is 1.03 bits per heavy atom. The van der Waals surface area contributed by atoms with Crippen molar-refractivity contribution in [3.8, 4) is 11.4 Å². The van der Waals surface area contributed by atoms with Crippen LogP contribution in [0.5, 0.6) is 0 Å². The molecule has 0 aliphatic heterocycles. The van der Waals surface area contributed by atoms with Gasteiger partial charge in [0.25, 0.3) is 5.91 Å². The van der Waals surface area contributed by atoms with E-state index in [2.05, 4.69) is 26.2 Å². The molecule has 1 aromatic heterocycles. The zero-order valence-corrected chi connectivity index (χ0v) is 17.6. The first-order valence-corrected chi connectivity index (χ1v) is 10.1. The average molecular weight is 420 g/mol. The predicted octanol–water partition coefficient (Wildman–Crippen LogP) is 4.27. The smallest absolute Gasteiger partial charge is 0.412 e. The number of anilines is 2. The molecular weight excluding hydrogens is 396 g/mol. The van der Waals surface area contributed by atoms with Gasteiger partial charge in [0.2, 0.25) is 0 Å². The summed E-state index contributed by atoms with van der Waals surface area (Å²) in [6, 6.07) is 14.4. The highest BCUT2D eigenvalue weighted by molar-refractivity contribution is 6.05. The number of carbonyl (C=O) groups is 2. The highest BCUT2D eigenvalue weighted by atomic mass is 16.6. The molecule has 0 unspecified atom stereocenters. The van der Waals surface area contributed by atoms with E-state index in [0.29, 0.717) is 28.8 Å². The van der Waals surface area contributed by atoms with Crippen LogP contribution in [0.25, 0.3) is 11.4 Å². The number of rotatable bonds is 5. The van der Waals surface area contributed by atoms with Gasteiger partial charge in [-0.2, -0.15) is 0 Å². The van der Waals surface area contributed by atoms with E-state index in [1.807, 2.05) is 22.9 Å². The van der Waals surface area contributed by atoms with Crippen molar-refractivity contribution in [3.05, 3.63) is 54.1 Å². The normalized spacial score (nSPS) is 13.5. The molecule has 1 fully saturated rings. The Morgan fingerprint density at radius 2 is 1.74 bits per heavy atom. The molecular formula is C22H24N6O3. The molecule has 2 amide bonds. The van der Waals surface area contributed by atoms with Crippen LogP contribution in [0, 0.1) is 0 Å². The molecule has 9 nitrogen and oxygen atoms in total.